The normalized spacial score (nSPS) is 13.9. The minimum absolute atomic E-state index is 0.122. The predicted molar refractivity (Wildman–Crippen MR) is 125 cm³/mol. The van der Waals surface area contributed by atoms with Crippen LogP contribution in [0.4, 0.5) is 0 Å². The number of fused-ring (bicyclic) bond motifs is 3. The van der Waals surface area contributed by atoms with Crippen molar-refractivity contribution in [1.82, 2.24) is 14.0 Å². The van der Waals surface area contributed by atoms with Crippen LogP contribution in [0.5, 0.6) is 5.75 Å². The van der Waals surface area contributed by atoms with Gasteiger partial charge in [-0.3, -0.25) is 14.3 Å². The summed E-state index contributed by atoms with van der Waals surface area (Å²) in [6.45, 7) is 3.10. The van der Waals surface area contributed by atoms with E-state index in [0.717, 1.165) is 36.3 Å². The monoisotopic (exact) mass is 429 g/mol. The van der Waals surface area contributed by atoms with Gasteiger partial charge in [0.25, 0.3) is 5.56 Å². The average Bonchev–Trinajstić information content (AvgIpc) is 3.10. The number of aryl methyl sites for hydroxylation is 1. The maximum Gasteiger partial charge on any atom is 0.258 e. The highest BCUT2D eigenvalue weighted by atomic mass is 16.5. The van der Waals surface area contributed by atoms with Gasteiger partial charge in [-0.1, -0.05) is 36.4 Å². The van der Waals surface area contributed by atoms with Crippen molar-refractivity contribution in [3.63, 3.8) is 0 Å². The molecule has 1 N–H and O–H groups in total. The van der Waals surface area contributed by atoms with Crippen LogP contribution in [0.1, 0.15) is 16.8 Å². The zero-order valence-corrected chi connectivity index (χ0v) is 18.2. The summed E-state index contributed by atoms with van der Waals surface area (Å²) in [5.74, 6) is 0.564. The molecule has 0 spiro atoms. The lowest BCUT2D eigenvalue weighted by molar-refractivity contribution is 0.184. The van der Waals surface area contributed by atoms with E-state index in [1.807, 2.05) is 42.5 Å². The molecule has 6 nitrogen and oxygen atoms in total. The van der Waals surface area contributed by atoms with Crippen molar-refractivity contribution in [2.75, 3.05) is 19.7 Å². The Morgan fingerprint density at radius 1 is 1.06 bits per heavy atom. The molecule has 0 radical (unpaired) electrons. The van der Waals surface area contributed by atoms with Gasteiger partial charge in [-0.25, -0.2) is 0 Å². The third-order valence-electron chi connectivity index (χ3n) is 6.30. The maximum absolute atomic E-state index is 12.8. The number of pyridine rings is 1. The number of nitrogens with zero attached hydrogens (tertiary/aromatic N) is 3. The first-order valence-electron chi connectivity index (χ1n) is 11.0. The van der Waals surface area contributed by atoms with E-state index in [4.69, 9.17) is 4.74 Å². The second-order valence-corrected chi connectivity index (χ2v) is 8.28. The van der Waals surface area contributed by atoms with Gasteiger partial charge in [-0.2, -0.15) is 0 Å². The van der Waals surface area contributed by atoms with Crippen molar-refractivity contribution in [1.29, 1.82) is 0 Å². The minimum atomic E-state index is -0.122. The molecular weight excluding hydrogens is 402 g/mol. The molecule has 32 heavy (non-hydrogen) atoms. The zero-order chi connectivity index (χ0) is 22.1. The summed E-state index contributed by atoms with van der Waals surface area (Å²) in [6, 6.07) is 19.5. The van der Waals surface area contributed by atoms with Crippen molar-refractivity contribution in [2.45, 2.75) is 19.6 Å². The Morgan fingerprint density at radius 3 is 2.69 bits per heavy atom. The molecular formula is C26H27N3O3. The summed E-state index contributed by atoms with van der Waals surface area (Å²) in [6.07, 6.45) is 2.74. The molecule has 4 aromatic rings. The molecule has 0 bridgehead atoms. The van der Waals surface area contributed by atoms with Gasteiger partial charge in [0, 0.05) is 56.4 Å². The van der Waals surface area contributed by atoms with E-state index < -0.39 is 0 Å². The molecule has 1 aliphatic heterocycles. The van der Waals surface area contributed by atoms with Gasteiger partial charge in [-0.15, -0.1) is 0 Å². The molecule has 2 aromatic heterocycles. The molecule has 2 aromatic carbocycles. The highest BCUT2D eigenvalue weighted by molar-refractivity contribution is 5.87. The van der Waals surface area contributed by atoms with Crippen molar-refractivity contribution in [3.05, 3.63) is 94.0 Å². The van der Waals surface area contributed by atoms with Crippen LogP contribution in [0.2, 0.25) is 0 Å². The van der Waals surface area contributed by atoms with Crippen LogP contribution in [0.25, 0.3) is 16.6 Å². The number of β-amino-alcohol motifs (C(OH)–C–C–N with tert-alkyl or cyclic N) is 1. The van der Waals surface area contributed by atoms with Crippen molar-refractivity contribution < 1.29 is 9.84 Å². The first-order valence-corrected chi connectivity index (χ1v) is 11.0. The number of rotatable bonds is 6. The van der Waals surface area contributed by atoms with Gasteiger partial charge < -0.3 is 14.4 Å². The lowest BCUT2D eigenvalue weighted by Gasteiger charge is -2.26. The predicted octanol–water partition coefficient (Wildman–Crippen LogP) is 3.26. The summed E-state index contributed by atoms with van der Waals surface area (Å²) in [7, 11) is 2.09. The van der Waals surface area contributed by atoms with Crippen LogP contribution in [-0.4, -0.2) is 38.8 Å². The van der Waals surface area contributed by atoms with E-state index in [0.29, 0.717) is 18.9 Å². The number of hydrogen-bond donors (Lipinski definition) is 1. The fourth-order valence-electron chi connectivity index (χ4n) is 4.60. The Bertz CT molecular complexity index is 1310. The largest absolute Gasteiger partial charge is 0.489 e. The highest BCUT2D eigenvalue weighted by Gasteiger charge is 2.22. The molecule has 0 atom stereocenters. The summed E-state index contributed by atoms with van der Waals surface area (Å²) in [5.41, 5.74) is 5.56. The minimum Gasteiger partial charge on any atom is -0.489 e. The summed E-state index contributed by atoms with van der Waals surface area (Å²) in [5, 5.41) is 10.5. The molecule has 1 aliphatic rings. The topological polar surface area (TPSA) is 59.6 Å². The Hall–Kier alpha value is -3.35. The van der Waals surface area contributed by atoms with Crippen LogP contribution < -0.4 is 10.3 Å². The first kappa shape index (κ1) is 20.5. The average molecular weight is 430 g/mol. The number of aliphatic hydroxyl groups is 1. The van der Waals surface area contributed by atoms with Crippen LogP contribution in [0, 0.1) is 0 Å². The first-order chi connectivity index (χ1) is 15.6. The molecule has 0 amide bonds. The lowest BCUT2D eigenvalue weighted by atomic mass is 10.0. The van der Waals surface area contributed by atoms with Crippen LogP contribution in [-0.2, 0) is 26.6 Å². The molecule has 6 heteroatoms. The maximum atomic E-state index is 12.8. The molecule has 0 saturated carbocycles. The fourth-order valence-corrected chi connectivity index (χ4v) is 4.60. The fraction of sp³-hybridized carbons (Fsp3) is 0.269. The van der Waals surface area contributed by atoms with E-state index in [2.05, 4.69) is 28.6 Å². The zero-order valence-electron chi connectivity index (χ0n) is 18.2. The molecule has 164 valence electrons. The Labute approximate surface area is 186 Å². The standard InChI is InChI=1S/C26H27N3O3/c1-27-24-10-11-28(13-14-30)17-23(24)22-8-7-20(15-25(22)27)29-12-9-21(16-26(29)31)32-18-19-5-3-2-4-6-19/h2-9,12,15-16,30H,10-11,13-14,17-18H2,1H3. The van der Waals surface area contributed by atoms with Gasteiger partial charge in [0.05, 0.1) is 17.8 Å². The van der Waals surface area contributed by atoms with Gasteiger partial charge in [0.1, 0.15) is 12.4 Å². The van der Waals surface area contributed by atoms with E-state index in [9.17, 15) is 9.90 Å². The van der Waals surface area contributed by atoms with E-state index >= 15 is 0 Å². The van der Waals surface area contributed by atoms with Crippen LogP contribution in [0.15, 0.2) is 71.7 Å². The third-order valence-corrected chi connectivity index (χ3v) is 6.30. The van der Waals surface area contributed by atoms with E-state index in [-0.39, 0.29) is 12.2 Å². The van der Waals surface area contributed by atoms with Crippen molar-refractivity contribution >= 4 is 10.9 Å². The lowest BCUT2D eigenvalue weighted by Crippen LogP contribution is -2.33. The molecule has 5 rings (SSSR count). The smallest absolute Gasteiger partial charge is 0.258 e. The summed E-state index contributed by atoms with van der Waals surface area (Å²) in [4.78, 5) is 15.1. The Kier molecular flexibility index (Phi) is 5.55. The van der Waals surface area contributed by atoms with Gasteiger partial charge >= 0.3 is 0 Å². The molecule has 0 aliphatic carbocycles. The van der Waals surface area contributed by atoms with Crippen LogP contribution in [0.3, 0.4) is 0 Å². The third kappa shape index (κ3) is 3.83. The van der Waals surface area contributed by atoms with Crippen molar-refractivity contribution in [3.8, 4) is 11.4 Å². The van der Waals surface area contributed by atoms with Crippen molar-refractivity contribution in [2.24, 2.45) is 7.05 Å². The Morgan fingerprint density at radius 2 is 1.91 bits per heavy atom. The number of benzene rings is 2. The SMILES string of the molecule is Cn1c2c(c3ccc(-n4ccc(OCc5ccccc5)cc4=O)cc31)CN(CCO)CC2. The second kappa shape index (κ2) is 8.65. The second-order valence-electron chi connectivity index (χ2n) is 8.28. The van der Waals surface area contributed by atoms with E-state index in [1.54, 1.807) is 10.8 Å². The van der Waals surface area contributed by atoms with Gasteiger partial charge in [0.15, 0.2) is 0 Å². The molecule has 0 unspecified atom stereocenters. The molecule has 0 fully saturated rings. The highest BCUT2D eigenvalue weighted by Crippen LogP contribution is 2.31. The van der Waals surface area contributed by atoms with E-state index in [1.165, 1.54) is 22.7 Å². The summed E-state index contributed by atoms with van der Waals surface area (Å²) >= 11 is 0. The van der Waals surface area contributed by atoms with Gasteiger partial charge in [0.2, 0.25) is 0 Å². The van der Waals surface area contributed by atoms with Gasteiger partial charge in [-0.05, 0) is 29.3 Å². The van der Waals surface area contributed by atoms with Crippen LogP contribution >= 0.6 is 0 Å². The Balaban J connectivity index is 1.42. The number of aliphatic hydroxyl groups excluding tert-OH is 1. The number of hydrogen-bond acceptors (Lipinski definition) is 4. The number of aromatic nitrogens is 2. The molecule has 0 saturated heterocycles. The molecule has 3 heterocycles. The quantitative estimate of drug-likeness (QED) is 0.511. The summed E-state index contributed by atoms with van der Waals surface area (Å²) < 4.78 is 9.69. The number of ether oxygens (including phenoxy) is 1.